The Kier molecular flexibility index (Phi) is 9.05. The lowest BCUT2D eigenvalue weighted by molar-refractivity contribution is 0.0837. The van der Waals surface area contributed by atoms with E-state index in [0.29, 0.717) is 24.7 Å². The Hall–Kier alpha value is -2.40. The van der Waals surface area contributed by atoms with Crippen LogP contribution < -0.4 is 5.32 Å². The number of aliphatic hydroxyl groups is 1. The van der Waals surface area contributed by atoms with Gasteiger partial charge in [-0.3, -0.25) is 9.69 Å². The van der Waals surface area contributed by atoms with Crippen LogP contribution in [0.15, 0.2) is 36.7 Å². The van der Waals surface area contributed by atoms with E-state index in [2.05, 4.69) is 43.3 Å². The van der Waals surface area contributed by atoms with E-state index in [4.69, 9.17) is 0 Å². The van der Waals surface area contributed by atoms with Crippen LogP contribution in [0.1, 0.15) is 40.2 Å². The molecule has 2 aliphatic heterocycles. The fraction of sp³-hybridized carbons (Fsp3) is 0.577. The third-order valence-electron chi connectivity index (χ3n) is 7.12. The molecule has 2 aromatic rings. The fourth-order valence-electron chi connectivity index (χ4n) is 5.01. The SMILES string of the molecule is CS(=O)(=O)CCN1CCC(Cc2cc(C(=O)NC[C@H](O)CN3CCc4ccccc4C3)ncn2)CC1. The van der Waals surface area contributed by atoms with Crippen LogP contribution in [0.4, 0.5) is 0 Å². The van der Waals surface area contributed by atoms with Crippen LogP contribution in [-0.2, 0) is 29.2 Å². The van der Waals surface area contributed by atoms with Crippen molar-refractivity contribution in [2.75, 3.05) is 51.3 Å². The molecule has 0 bridgehead atoms. The average molecular weight is 516 g/mol. The topological polar surface area (TPSA) is 116 Å². The van der Waals surface area contributed by atoms with Crippen molar-refractivity contribution in [2.24, 2.45) is 5.92 Å². The van der Waals surface area contributed by atoms with Gasteiger partial charge < -0.3 is 15.3 Å². The van der Waals surface area contributed by atoms with E-state index < -0.39 is 15.9 Å². The number of hydrogen-bond donors (Lipinski definition) is 2. The zero-order chi connectivity index (χ0) is 25.5. The molecule has 2 aliphatic rings. The highest BCUT2D eigenvalue weighted by atomic mass is 32.2. The van der Waals surface area contributed by atoms with Gasteiger partial charge in [-0.25, -0.2) is 18.4 Å². The highest BCUT2D eigenvalue weighted by Gasteiger charge is 2.22. The van der Waals surface area contributed by atoms with E-state index in [-0.39, 0.29) is 18.2 Å². The monoisotopic (exact) mass is 515 g/mol. The van der Waals surface area contributed by atoms with Gasteiger partial charge in [0.25, 0.3) is 5.91 Å². The van der Waals surface area contributed by atoms with E-state index in [0.717, 1.165) is 57.6 Å². The average Bonchev–Trinajstić information content (AvgIpc) is 2.86. The fourth-order valence-corrected chi connectivity index (χ4v) is 5.60. The van der Waals surface area contributed by atoms with Crippen molar-refractivity contribution >= 4 is 15.7 Å². The summed E-state index contributed by atoms with van der Waals surface area (Å²) in [5.41, 5.74) is 3.81. The minimum Gasteiger partial charge on any atom is -0.390 e. The summed E-state index contributed by atoms with van der Waals surface area (Å²) in [6.45, 7) is 4.72. The third kappa shape index (κ3) is 8.06. The molecule has 0 saturated carbocycles. The Bertz CT molecular complexity index is 1130. The molecule has 196 valence electrons. The van der Waals surface area contributed by atoms with Gasteiger partial charge in [-0.15, -0.1) is 0 Å². The van der Waals surface area contributed by atoms with Gasteiger partial charge in [0.05, 0.1) is 11.9 Å². The number of likely N-dealkylation sites (tertiary alicyclic amines) is 1. The number of amides is 1. The second kappa shape index (κ2) is 12.2. The van der Waals surface area contributed by atoms with Crippen molar-refractivity contribution in [1.82, 2.24) is 25.1 Å². The van der Waals surface area contributed by atoms with E-state index in [1.165, 1.54) is 23.7 Å². The molecule has 0 radical (unpaired) electrons. The molecule has 9 nitrogen and oxygen atoms in total. The van der Waals surface area contributed by atoms with Crippen LogP contribution in [0.2, 0.25) is 0 Å². The maximum Gasteiger partial charge on any atom is 0.270 e. The molecule has 36 heavy (non-hydrogen) atoms. The molecular weight excluding hydrogens is 478 g/mol. The number of piperidine rings is 1. The molecular formula is C26H37N5O4S. The highest BCUT2D eigenvalue weighted by Crippen LogP contribution is 2.21. The highest BCUT2D eigenvalue weighted by molar-refractivity contribution is 7.90. The Labute approximate surface area is 213 Å². The number of carbonyl (C=O) groups is 1. The lowest BCUT2D eigenvalue weighted by atomic mass is 9.92. The van der Waals surface area contributed by atoms with Crippen molar-refractivity contribution in [3.05, 3.63) is 59.2 Å². The van der Waals surface area contributed by atoms with Crippen molar-refractivity contribution < 1.29 is 18.3 Å². The van der Waals surface area contributed by atoms with E-state index in [1.807, 2.05) is 6.07 Å². The molecule has 1 amide bonds. The second-order valence-corrected chi connectivity index (χ2v) is 12.4. The van der Waals surface area contributed by atoms with Gasteiger partial charge in [0.15, 0.2) is 0 Å². The number of β-amino-alcohol motifs (C(OH)–C–C–N with tert-alkyl or cyclic N) is 1. The van der Waals surface area contributed by atoms with Crippen molar-refractivity contribution in [2.45, 2.75) is 38.3 Å². The number of sulfone groups is 1. The maximum atomic E-state index is 12.7. The number of aromatic nitrogens is 2. The molecule has 1 saturated heterocycles. The lowest BCUT2D eigenvalue weighted by Crippen LogP contribution is -2.42. The van der Waals surface area contributed by atoms with Gasteiger partial charge in [0.2, 0.25) is 0 Å². The van der Waals surface area contributed by atoms with Crippen molar-refractivity contribution in [3.63, 3.8) is 0 Å². The van der Waals surface area contributed by atoms with Crippen LogP contribution in [0, 0.1) is 5.92 Å². The summed E-state index contributed by atoms with van der Waals surface area (Å²) >= 11 is 0. The first-order valence-electron chi connectivity index (χ1n) is 12.7. The number of rotatable bonds is 10. The van der Waals surface area contributed by atoms with Crippen LogP contribution in [0.5, 0.6) is 0 Å². The molecule has 2 N–H and O–H groups in total. The summed E-state index contributed by atoms with van der Waals surface area (Å²) in [5, 5.41) is 13.3. The zero-order valence-corrected chi connectivity index (χ0v) is 21.8. The third-order valence-corrected chi connectivity index (χ3v) is 8.04. The van der Waals surface area contributed by atoms with Gasteiger partial charge in [0.1, 0.15) is 21.9 Å². The zero-order valence-electron chi connectivity index (χ0n) is 21.0. The van der Waals surface area contributed by atoms with Gasteiger partial charge in [-0.1, -0.05) is 24.3 Å². The number of nitrogens with one attached hydrogen (secondary N) is 1. The predicted octanol–water partition coefficient (Wildman–Crippen LogP) is 0.925. The molecule has 1 aromatic carbocycles. The van der Waals surface area contributed by atoms with E-state index in [1.54, 1.807) is 6.07 Å². The van der Waals surface area contributed by atoms with Crippen LogP contribution in [0.25, 0.3) is 0 Å². The largest absolute Gasteiger partial charge is 0.390 e. The van der Waals surface area contributed by atoms with Crippen LogP contribution >= 0.6 is 0 Å². The van der Waals surface area contributed by atoms with Gasteiger partial charge in [-0.05, 0) is 61.9 Å². The molecule has 0 spiro atoms. The van der Waals surface area contributed by atoms with Crippen molar-refractivity contribution in [1.29, 1.82) is 0 Å². The van der Waals surface area contributed by atoms with Gasteiger partial charge in [-0.2, -0.15) is 0 Å². The standard InChI is InChI=1S/C26H37N5O4S/c1-36(34,35)13-12-30-9-6-20(7-10-30)14-23-15-25(29-19-28-23)26(33)27-16-24(32)18-31-11-8-21-4-2-3-5-22(21)17-31/h2-5,15,19-20,24,32H,6-14,16-18H2,1H3,(H,27,33)/t24-/m0/s1. The Morgan fingerprint density at radius 1 is 1.14 bits per heavy atom. The summed E-state index contributed by atoms with van der Waals surface area (Å²) in [6, 6.07) is 10.1. The van der Waals surface area contributed by atoms with Gasteiger partial charge >= 0.3 is 0 Å². The number of carbonyl (C=O) groups excluding carboxylic acids is 1. The number of hydrogen-bond acceptors (Lipinski definition) is 8. The van der Waals surface area contributed by atoms with Gasteiger partial charge in [0, 0.05) is 44.7 Å². The van der Waals surface area contributed by atoms with Crippen molar-refractivity contribution in [3.8, 4) is 0 Å². The van der Waals surface area contributed by atoms with Crippen LogP contribution in [-0.4, -0.2) is 96.6 Å². The van der Waals surface area contributed by atoms with E-state index in [9.17, 15) is 18.3 Å². The molecule has 0 aliphatic carbocycles. The van der Waals surface area contributed by atoms with Crippen LogP contribution in [0.3, 0.4) is 0 Å². The minimum atomic E-state index is -2.94. The first-order valence-corrected chi connectivity index (χ1v) is 14.8. The maximum absolute atomic E-state index is 12.7. The Morgan fingerprint density at radius 2 is 1.89 bits per heavy atom. The molecule has 0 unspecified atom stereocenters. The smallest absolute Gasteiger partial charge is 0.270 e. The molecule has 1 aromatic heterocycles. The normalized spacial score (nSPS) is 18.5. The molecule has 3 heterocycles. The number of aliphatic hydroxyl groups excluding tert-OH is 1. The summed E-state index contributed by atoms with van der Waals surface area (Å²) < 4.78 is 22.8. The Balaban J connectivity index is 1.20. The van der Waals surface area contributed by atoms with E-state index >= 15 is 0 Å². The summed E-state index contributed by atoms with van der Waals surface area (Å²) in [4.78, 5) is 25.6. The lowest BCUT2D eigenvalue weighted by Gasteiger charge is -2.31. The second-order valence-electron chi connectivity index (χ2n) is 10.1. The molecule has 1 atom stereocenters. The quantitative estimate of drug-likeness (QED) is 0.480. The number of fused-ring (bicyclic) bond motifs is 1. The first-order chi connectivity index (χ1) is 17.2. The molecule has 4 rings (SSSR count). The number of benzene rings is 1. The number of nitrogens with zero attached hydrogens (tertiary/aromatic N) is 4. The molecule has 10 heteroatoms. The minimum absolute atomic E-state index is 0.169. The summed E-state index contributed by atoms with van der Waals surface area (Å²) in [7, 11) is -2.94. The first kappa shape index (κ1) is 26.7. The summed E-state index contributed by atoms with van der Waals surface area (Å²) in [5.74, 6) is 0.335. The summed E-state index contributed by atoms with van der Waals surface area (Å²) in [6.07, 6.45) is 5.73. The Morgan fingerprint density at radius 3 is 2.64 bits per heavy atom. The predicted molar refractivity (Wildman–Crippen MR) is 138 cm³/mol. The molecule has 1 fully saturated rings.